The predicted molar refractivity (Wildman–Crippen MR) is 79.1 cm³/mol. The third-order valence-corrected chi connectivity index (χ3v) is 4.97. The number of furan rings is 1. The van der Waals surface area contributed by atoms with Crippen LogP contribution in [0.25, 0.3) is 11.0 Å². The largest absolute Gasteiger partial charge is 0.458 e. The van der Waals surface area contributed by atoms with E-state index in [2.05, 4.69) is 0 Å². The minimum Gasteiger partial charge on any atom is -0.458 e. The zero-order valence-corrected chi connectivity index (χ0v) is 12.2. The number of benzene rings is 1. The number of aliphatic hydroxyl groups is 1. The van der Waals surface area contributed by atoms with Crippen LogP contribution in [0.3, 0.4) is 0 Å². The van der Waals surface area contributed by atoms with E-state index in [-0.39, 0.29) is 0 Å². The van der Waals surface area contributed by atoms with Crippen molar-refractivity contribution in [1.82, 2.24) is 0 Å². The van der Waals surface area contributed by atoms with Crippen LogP contribution < -0.4 is 0 Å². The highest BCUT2D eigenvalue weighted by molar-refractivity contribution is 7.10. The van der Waals surface area contributed by atoms with Gasteiger partial charge in [0, 0.05) is 5.39 Å². The summed E-state index contributed by atoms with van der Waals surface area (Å²) in [5.41, 5.74) is 2.86. The fraction of sp³-hybridized carbons (Fsp3) is 0.200. The Morgan fingerprint density at radius 2 is 2.05 bits per heavy atom. The molecule has 4 heteroatoms. The van der Waals surface area contributed by atoms with Crippen LogP contribution in [0.5, 0.6) is 0 Å². The minimum absolute atomic E-state index is 0.535. The van der Waals surface area contributed by atoms with Crippen molar-refractivity contribution >= 4 is 33.9 Å². The van der Waals surface area contributed by atoms with E-state index in [1.165, 1.54) is 11.3 Å². The van der Waals surface area contributed by atoms with Crippen LogP contribution in [0.4, 0.5) is 0 Å². The van der Waals surface area contributed by atoms with E-state index >= 15 is 0 Å². The lowest BCUT2D eigenvalue weighted by Crippen LogP contribution is -1.95. The second-order valence-electron chi connectivity index (χ2n) is 4.64. The summed E-state index contributed by atoms with van der Waals surface area (Å²) in [7, 11) is 0. The number of fused-ring (bicyclic) bond motifs is 1. The Balaban J connectivity index is 2.09. The fourth-order valence-electron chi connectivity index (χ4n) is 2.13. The average Bonchev–Trinajstić information content (AvgIpc) is 2.95. The van der Waals surface area contributed by atoms with Crippen molar-refractivity contribution in [3.63, 3.8) is 0 Å². The van der Waals surface area contributed by atoms with Crippen molar-refractivity contribution < 1.29 is 9.52 Å². The molecule has 0 fully saturated rings. The molecule has 0 bridgehead atoms. The average molecular weight is 293 g/mol. The summed E-state index contributed by atoms with van der Waals surface area (Å²) in [6.07, 6.45) is -0.807. The molecule has 0 spiro atoms. The van der Waals surface area contributed by atoms with E-state index in [0.29, 0.717) is 10.8 Å². The SMILES string of the molecule is Cc1csc(C(O)c2cc3cccc(C)c3o2)c1Cl. The van der Waals surface area contributed by atoms with Crippen molar-refractivity contribution in [2.45, 2.75) is 20.0 Å². The van der Waals surface area contributed by atoms with Crippen LogP contribution in [0.2, 0.25) is 5.02 Å². The smallest absolute Gasteiger partial charge is 0.147 e. The Labute approximate surface area is 120 Å². The first-order chi connectivity index (χ1) is 9.08. The fourth-order valence-corrected chi connectivity index (χ4v) is 3.41. The van der Waals surface area contributed by atoms with E-state index in [9.17, 15) is 5.11 Å². The number of rotatable bonds is 2. The highest BCUT2D eigenvalue weighted by atomic mass is 35.5. The predicted octanol–water partition coefficient (Wildman–Crippen LogP) is 4.85. The Morgan fingerprint density at radius 1 is 1.26 bits per heavy atom. The molecule has 0 radical (unpaired) electrons. The van der Waals surface area contributed by atoms with Crippen LogP contribution in [-0.4, -0.2) is 5.11 Å². The number of hydrogen-bond acceptors (Lipinski definition) is 3. The zero-order valence-electron chi connectivity index (χ0n) is 10.6. The Bertz CT molecular complexity index is 742. The van der Waals surface area contributed by atoms with Gasteiger partial charge in [0.15, 0.2) is 0 Å². The van der Waals surface area contributed by atoms with Gasteiger partial charge in [-0.05, 0) is 36.4 Å². The number of aryl methyl sites for hydroxylation is 2. The third-order valence-electron chi connectivity index (χ3n) is 3.20. The Kier molecular flexibility index (Phi) is 3.13. The van der Waals surface area contributed by atoms with E-state index in [0.717, 1.165) is 27.0 Å². The van der Waals surface area contributed by atoms with E-state index in [1.54, 1.807) is 0 Å². The van der Waals surface area contributed by atoms with Gasteiger partial charge in [-0.3, -0.25) is 0 Å². The first-order valence-electron chi connectivity index (χ1n) is 5.98. The zero-order chi connectivity index (χ0) is 13.6. The lowest BCUT2D eigenvalue weighted by molar-refractivity contribution is 0.196. The second kappa shape index (κ2) is 4.67. The summed E-state index contributed by atoms with van der Waals surface area (Å²) in [6, 6.07) is 7.82. The summed E-state index contributed by atoms with van der Waals surface area (Å²) < 4.78 is 5.78. The molecule has 98 valence electrons. The second-order valence-corrected chi connectivity index (χ2v) is 5.93. The molecule has 0 saturated carbocycles. The van der Waals surface area contributed by atoms with Crippen LogP contribution >= 0.6 is 22.9 Å². The number of thiophene rings is 1. The van der Waals surface area contributed by atoms with Crippen molar-refractivity contribution in [2.24, 2.45) is 0 Å². The molecule has 0 aliphatic rings. The van der Waals surface area contributed by atoms with Crippen molar-refractivity contribution in [1.29, 1.82) is 0 Å². The number of para-hydroxylation sites is 1. The van der Waals surface area contributed by atoms with Crippen molar-refractivity contribution in [3.8, 4) is 0 Å². The maximum absolute atomic E-state index is 10.4. The van der Waals surface area contributed by atoms with Gasteiger partial charge in [0.25, 0.3) is 0 Å². The minimum atomic E-state index is -0.807. The Morgan fingerprint density at radius 3 is 2.68 bits per heavy atom. The topological polar surface area (TPSA) is 33.4 Å². The molecule has 3 aromatic rings. The van der Waals surface area contributed by atoms with Crippen molar-refractivity contribution in [2.75, 3.05) is 0 Å². The molecule has 1 aromatic carbocycles. The van der Waals surface area contributed by atoms with Gasteiger partial charge >= 0.3 is 0 Å². The monoisotopic (exact) mass is 292 g/mol. The standard InChI is InChI=1S/C15H13ClO2S/c1-8-4-3-5-10-6-11(18-14(8)10)13(17)15-12(16)9(2)7-19-15/h3-7,13,17H,1-2H3. The molecular weight excluding hydrogens is 280 g/mol. The Hall–Kier alpha value is -1.29. The molecule has 1 unspecified atom stereocenters. The summed E-state index contributed by atoms with van der Waals surface area (Å²) in [6.45, 7) is 3.92. The van der Waals surface area contributed by atoms with E-state index < -0.39 is 6.10 Å². The molecule has 2 aromatic heterocycles. The van der Waals surface area contributed by atoms with Gasteiger partial charge in [0.1, 0.15) is 17.4 Å². The molecular formula is C15H13ClO2S. The highest BCUT2D eigenvalue weighted by Gasteiger charge is 2.21. The summed E-state index contributed by atoms with van der Waals surface area (Å²) in [5, 5.41) is 14.0. The maximum atomic E-state index is 10.4. The highest BCUT2D eigenvalue weighted by Crippen LogP contribution is 2.37. The molecule has 19 heavy (non-hydrogen) atoms. The van der Waals surface area contributed by atoms with Gasteiger partial charge in [0.05, 0.1) is 9.90 Å². The number of halogens is 1. The molecule has 0 aliphatic heterocycles. The molecule has 1 N–H and O–H groups in total. The normalized spacial score (nSPS) is 13.1. The number of aliphatic hydroxyl groups excluding tert-OH is 1. The molecule has 2 heterocycles. The molecule has 3 rings (SSSR count). The summed E-state index contributed by atoms with van der Waals surface area (Å²) in [4.78, 5) is 0.732. The molecule has 0 aliphatic carbocycles. The lowest BCUT2D eigenvalue weighted by Gasteiger charge is -2.05. The van der Waals surface area contributed by atoms with E-state index in [1.807, 2.05) is 43.5 Å². The molecule has 0 amide bonds. The van der Waals surface area contributed by atoms with Gasteiger partial charge in [0.2, 0.25) is 0 Å². The van der Waals surface area contributed by atoms with E-state index in [4.69, 9.17) is 16.0 Å². The van der Waals surface area contributed by atoms with Gasteiger partial charge < -0.3 is 9.52 Å². The summed E-state index contributed by atoms with van der Waals surface area (Å²) in [5.74, 6) is 0.535. The van der Waals surface area contributed by atoms with Crippen molar-refractivity contribution in [3.05, 3.63) is 56.4 Å². The number of hydrogen-bond donors (Lipinski definition) is 1. The van der Waals surface area contributed by atoms with Crippen LogP contribution in [0, 0.1) is 13.8 Å². The first kappa shape index (κ1) is 12.7. The van der Waals surface area contributed by atoms with Crippen LogP contribution in [0.15, 0.2) is 34.1 Å². The van der Waals surface area contributed by atoms with Gasteiger partial charge in [-0.25, -0.2) is 0 Å². The molecule has 0 saturated heterocycles. The summed E-state index contributed by atoms with van der Waals surface area (Å²) >= 11 is 7.64. The van der Waals surface area contributed by atoms with Gasteiger partial charge in [-0.1, -0.05) is 29.8 Å². The lowest BCUT2D eigenvalue weighted by atomic mass is 10.1. The van der Waals surface area contributed by atoms with Crippen LogP contribution in [-0.2, 0) is 0 Å². The quantitative estimate of drug-likeness (QED) is 0.733. The third kappa shape index (κ3) is 2.08. The van der Waals surface area contributed by atoms with Gasteiger partial charge in [-0.2, -0.15) is 0 Å². The molecule has 1 atom stereocenters. The maximum Gasteiger partial charge on any atom is 0.147 e. The van der Waals surface area contributed by atoms with Gasteiger partial charge in [-0.15, -0.1) is 11.3 Å². The van der Waals surface area contributed by atoms with Crippen LogP contribution in [0.1, 0.15) is 27.9 Å². The molecule has 2 nitrogen and oxygen atoms in total. The first-order valence-corrected chi connectivity index (χ1v) is 7.24.